The third kappa shape index (κ3) is 4.42. The molecule has 1 aliphatic rings. The molecule has 0 aliphatic carbocycles. The Kier molecular flexibility index (Phi) is 5.80. The molecule has 0 amide bonds. The van der Waals surface area contributed by atoms with Crippen LogP contribution >= 0.6 is 0 Å². The van der Waals surface area contributed by atoms with E-state index in [4.69, 9.17) is 9.47 Å². The number of nitrogens with zero attached hydrogens (tertiary/aromatic N) is 1. The lowest BCUT2D eigenvalue weighted by Gasteiger charge is -2.34. The summed E-state index contributed by atoms with van der Waals surface area (Å²) < 4.78 is 39.6. The Balaban J connectivity index is 1.92. The van der Waals surface area contributed by atoms with Gasteiger partial charge in [-0.25, -0.2) is 4.72 Å². The van der Waals surface area contributed by atoms with Crippen molar-refractivity contribution in [3.05, 3.63) is 29.8 Å². The van der Waals surface area contributed by atoms with Crippen LogP contribution in [0, 0.1) is 0 Å². The molecule has 22 heavy (non-hydrogen) atoms. The summed E-state index contributed by atoms with van der Waals surface area (Å²) in [7, 11) is -1.87. The average Bonchev–Trinajstić information content (AvgIpc) is 2.46. The lowest BCUT2D eigenvalue weighted by atomic mass is 10.1. The molecule has 7 heteroatoms. The zero-order valence-electron chi connectivity index (χ0n) is 13.3. The summed E-state index contributed by atoms with van der Waals surface area (Å²) >= 11 is 0. The highest BCUT2D eigenvalue weighted by molar-refractivity contribution is 7.87. The van der Waals surface area contributed by atoms with Crippen LogP contribution in [-0.2, 0) is 21.4 Å². The summed E-state index contributed by atoms with van der Waals surface area (Å²) in [5.74, 6) is 0.773. The van der Waals surface area contributed by atoms with E-state index in [2.05, 4.69) is 4.72 Å². The second-order valence-electron chi connectivity index (χ2n) is 5.54. The van der Waals surface area contributed by atoms with Crippen molar-refractivity contribution >= 4 is 10.2 Å². The van der Waals surface area contributed by atoms with E-state index in [9.17, 15) is 8.42 Å². The van der Waals surface area contributed by atoms with Crippen LogP contribution in [0.4, 0.5) is 0 Å². The first kappa shape index (κ1) is 17.2. The molecule has 2 atom stereocenters. The molecular formula is C15H24N2O4S. The SMILES string of the molecule is COc1ccccc1CCNS(=O)(=O)N1C[C@@H](C)O[C@@H](C)C1. The summed E-state index contributed by atoms with van der Waals surface area (Å²) in [5.41, 5.74) is 0.983. The van der Waals surface area contributed by atoms with Gasteiger partial charge in [0.05, 0.1) is 19.3 Å². The van der Waals surface area contributed by atoms with Gasteiger partial charge in [-0.2, -0.15) is 12.7 Å². The van der Waals surface area contributed by atoms with Crippen LogP contribution in [0.1, 0.15) is 19.4 Å². The first-order chi connectivity index (χ1) is 10.4. The van der Waals surface area contributed by atoms with Crippen molar-refractivity contribution in [3.63, 3.8) is 0 Å². The topological polar surface area (TPSA) is 67.9 Å². The van der Waals surface area contributed by atoms with E-state index in [-0.39, 0.29) is 12.2 Å². The number of para-hydroxylation sites is 1. The van der Waals surface area contributed by atoms with Gasteiger partial charge in [0.25, 0.3) is 10.2 Å². The Labute approximate surface area is 132 Å². The predicted octanol–water partition coefficient (Wildman–Crippen LogP) is 1.18. The minimum Gasteiger partial charge on any atom is -0.496 e. The lowest BCUT2D eigenvalue weighted by Crippen LogP contribution is -2.52. The number of nitrogens with one attached hydrogen (secondary N) is 1. The number of morpholine rings is 1. The molecule has 0 spiro atoms. The largest absolute Gasteiger partial charge is 0.496 e. The molecular weight excluding hydrogens is 304 g/mol. The second kappa shape index (κ2) is 7.41. The van der Waals surface area contributed by atoms with Crippen LogP contribution < -0.4 is 9.46 Å². The quantitative estimate of drug-likeness (QED) is 0.851. The molecule has 0 bridgehead atoms. The van der Waals surface area contributed by atoms with Crippen LogP contribution in [-0.4, -0.2) is 51.7 Å². The maximum atomic E-state index is 12.3. The van der Waals surface area contributed by atoms with Crippen LogP contribution in [0.15, 0.2) is 24.3 Å². The molecule has 1 N–H and O–H groups in total. The van der Waals surface area contributed by atoms with Crippen LogP contribution in [0.5, 0.6) is 5.75 Å². The highest BCUT2D eigenvalue weighted by Gasteiger charge is 2.30. The van der Waals surface area contributed by atoms with Gasteiger partial charge in [-0.15, -0.1) is 0 Å². The van der Waals surface area contributed by atoms with Crippen LogP contribution in [0.3, 0.4) is 0 Å². The number of hydrogen-bond acceptors (Lipinski definition) is 4. The monoisotopic (exact) mass is 328 g/mol. The van der Waals surface area contributed by atoms with E-state index in [1.807, 2.05) is 38.1 Å². The van der Waals surface area contributed by atoms with Crippen LogP contribution in [0.2, 0.25) is 0 Å². The lowest BCUT2D eigenvalue weighted by molar-refractivity contribution is -0.0443. The molecule has 1 fully saturated rings. The Morgan fingerprint density at radius 2 is 1.91 bits per heavy atom. The predicted molar refractivity (Wildman–Crippen MR) is 85.2 cm³/mol. The maximum absolute atomic E-state index is 12.3. The Morgan fingerprint density at radius 1 is 1.27 bits per heavy atom. The Hall–Kier alpha value is -1.15. The summed E-state index contributed by atoms with van der Waals surface area (Å²) in [6.45, 7) is 4.87. The van der Waals surface area contributed by atoms with Gasteiger partial charge >= 0.3 is 0 Å². The summed E-state index contributed by atoms with van der Waals surface area (Å²) in [5, 5.41) is 0. The third-order valence-electron chi connectivity index (χ3n) is 3.60. The normalized spacial score (nSPS) is 23.4. The zero-order valence-corrected chi connectivity index (χ0v) is 14.1. The van der Waals surface area contributed by atoms with E-state index < -0.39 is 10.2 Å². The third-order valence-corrected chi connectivity index (χ3v) is 5.14. The van der Waals surface area contributed by atoms with Crippen molar-refractivity contribution < 1.29 is 17.9 Å². The molecule has 1 aromatic carbocycles. The van der Waals surface area contributed by atoms with E-state index in [0.29, 0.717) is 26.1 Å². The number of benzene rings is 1. The maximum Gasteiger partial charge on any atom is 0.279 e. The van der Waals surface area contributed by atoms with E-state index in [1.54, 1.807) is 7.11 Å². The highest BCUT2D eigenvalue weighted by atomic mass is 32.2. The average molecular weight is 328 g/mol. The molecule has 124 valence electrons. The standard InChI is InChI=1S/C15H24N2O4S/c1-12-10-17(11-13(2)21-12)22(18,19)16-9-8-14-6-4-5-7-15(14)20-3/h4-7,12-13,16H,8-11H2,1-3H3/t12-,13+. The molecule has 0 radical (unpaired) electrons. The Morgan fingerprint density at radius 3 is 2.55 bits per heavy atom. The zero-order chi connectivity index (χ0) is 16.2. The number of ether oxygens (including phenoxy) is 2. The summed E-state index contributed by atoms with van der Waals surface area (Å²) in [4.78, 5) is 0. The Bertz CT molecular complexity index is 581. The van der Waals surface area contributed by atoms with Crippen LogP contribution in [0.25, 0.3) is 0 Å². The van der Waals surface area contributed by atoms with E-state index in [1.165, 1.54) is 4.31 Å². The molecule has 6 nitrogen and oxygen atoms in total. The molecule has 0 unspecified atom stereocenters. The molecule has 0 saturated carbocycles. The number of rotatable bonds is 6. The van der Waals surface area contributed by atoms with Gasteiger partial charge < -0.3 is 9.47 Å². The van der Waals surface area contributed by atoms with Gasteiger partial charge in [-0.3, -0.25) is 0 Å². The van der Waals surface area contributed by atoms with Crippen molar-refractivity contribution in [2.45, 2.75) is 32.5 Å². The van der Waals surface area contributed by atoms with Crippen molar-refractivity contribution in [2.75, 3.05) is 26.7 Å². The molecule has 0 aromatic heterocycles. The molecule has 1 aliphatic heterocycles. The van der Waals surface area contributed by atoms with Gasteiger partial charge in [0.15, 0.2) is 0 Å². The number of hydrogen-bond donors (Lipinski definition) is 1. The van der Waals surface area contributed by atoms with Crippen molar-refractivity contribution in [2.24, 2.45) is 0 Å². The minimum atomic E-state index is -3.48. The summed E-state index contributed by atoms with van der Waals surface area (Å²) in [6, 6.07) is 7.61. The van der Waals surface area contributed by atoms with Gasteiger partial charge in [-0.1, -0.05) is 18.2 Å². The van der Waals surface area contributed by atoms with Gasteiger partial charge in [-0.05, 0) is 31.9 Å². The smallest absolute Gasteiger partial charge is 0.279 e. The fraction of sp³-hybridized carbons (Fsp3) is 0.600. The van der Waals surface area contributed by atoms with Gasteiger partial charge in [0.1, 0.15) is 5.75 Å². The van der Waals surface area contributed by atoms with Gasteiger partial charge in [0, 0.05) is 19.6 Å². The highest BCUT2D eigenvalue weighted by Crippen LogP contribution is 2.18. The second-order valence-corrected chi connectivity index (χ2v) is 7.29. The first-order valence-corrected chi connectivity index (χ1v) is 8.88. The van der Waals surface area contributed by atoms with Gasteiger partial charge in [0.2, 0.25) is 0 Å². The fourth-order valence-corrected chi connectivity index (χ4v) is 4.00. The van der Waals surface area contributed by atoms with Crippen molar-refractivity contribution in [1.29, 1.82) is 0 Å². The fourth-order valence-electron chi connectivity index (χ4n) is 2.64. The summed E-state index contributed by atoms with van der Waals surface area (Å²) in [6.07, 6.45) is 0.405. The molecule has 1 heterocycles. The van der Waals surface area contributed by atoms with Crippen molar-refractivity contribution in [1.82, 2.24) is 9.03 Å². The van der Waals surface area contributed by atoms with E-state index >= 15 is 0 Å². The molecule has 2 rings (SSSR count). The number of methoxy groups -OCH3 is 1. The minimum absolute atomic E-state index is 0.0884. The molecule has 1 aromatic rings. The van der Waals surface area contributed by atoms with Crippen molar-refractivity contribution in [3.8, 4) is 5.75 Å². The first-order valence-electron chi connectivity index (χ1n) is 7.44. The molecule has 1 saturated heterocycles. The van der Waals surface area contributed by atoms with E-state index in [0.717, 1.165) is 11.3 Å².